The standard InChI is InChI=1S/C7H10N6O/c1-4-6(14)13-7(9-8-4)12(3)10-5(2)11-13/h1-3H3,(H,10,11). The Balaban J connectivity index is 2.73. The lowest BCUT2D eigenvalue weighted by molar-refractivity contribution is 0.646. The zero-order valence-corrected chi connectivity index (χ0v) is 8.14. The molecule has 7 heteroatoms. The van der Waals surface area contributed by atoms with Gasteiger partial charge in [-0.05, 0) is 13.8 Å². The van der Waals surface area contributed by atoms with E-state index < -0.39 is 0 Å². The first kappa shape index (κ1) is 8.67. The Morgan fingerprint density at radius 2 is 2.00 bits per heavy atom. The molecule has 0 aromatic carbocycles. The predicted octanol–water partition coefficient (Wildman–Crippen LogP) is -0.917. The summed E-state index contributed by atoms with van der Waals surface area (Å²) in [5, 5.41) is 13.2. The topological polar surface area (TPSA) is 75.4 Å². The second-order valence-electron chi connectivity index (χ2n) is 3.06. The van der Waals surface area contributed by atoms with Crippen LogP contribution in [0.2, 0.25) is 0 Å². The highest BCUT2D eigenvalue weighted by Crippen LogP contribution is 2.06. The third-order valence-electron chi connectivity index (χ3n) is 1.86. The number of hydrogen-bond donors (Lipinski definition) is 1. The van der Waals surface area contributed by atoms with E-state index in [4.69, 9.17) is 0 Å². The van der Waals surface area contributed by atoms with Gasteiger partial charge in [-0.15, -0.1) is 15.3 Å². The predicted molar refractivity (Wildman–Crippen MR) is 51.1 cm³/mol. The molecule has 0 amide bonds. The highest BCUT2D eigenvalue weighted by atomic mass is 16.1. The molecule has 7 nitrogen and oxygen atoms in total. The van der Waals surface area contributed by atoms with Gasteiger partial charge in [0.1, 0.15) is 11.5 Å². The van der Waals surface area contributed by atoms with E-state index in [1.54, 1.807) is 25.9 Å². The summed E-state index contributed by atoms with van der Waals surface area (Å²) in [7, 11) is 1.74. The molecule has 0 unspecified atom stereocenters. The van der Waals surface area contributed by atoms with E-state index in [1.807, 2.05) is 0 Å². The largest absolute Gasteiger partial charge is 0.297 e. The molecule has 1 aliphatic heterocycles. The fourth-order valence-electron chi connectivity index (χ4n) is 1.21. The maximum absolute atomic E-state index is 11.6. The minimum absolute atomic E-state index is 0.248. The van der Waals surface area contributed by atoms with E-state index in [-0.39, 0.29) is 5.56 Å². The third kappa shape index (κ3) is 1.13. The van der Waals surface area contributed by atoms with Gasteiger partial charge in [0, 0.05) is 7.05 Å². The highest BCUT2D eigenvalue weighted by Gasteiger charge is 2.17. The molecule has 74 valence electrons. The van der Waals surface area contributed by atoms with Crippen LogP contribution in [0.1, 0.15) is 12.6 Å². The number of hydrazine groups is 1. The van der Waals surface area contributed by atoms with Crippen LogP contribution in [-0.2, 0) is 0 Å². The van der Waals surface area contributed by atoms with Crippen LogP contribution in [0.15, 0.2) is 9.90 Å². The van der Waals surface area contributed by atoms with Crippen LogP contribution in [0, 0.1) is 6.92 Å². The van der Waals surface area contributed by atoms with Gasteiger partial charge in [-0.3, -0.25) is 15.2 Å². The fourth-order valence-corrected chi connectivity index (χ4v) is 1.21. The number of hydrogen-bond acceptors (Lipinski definition) is 6. The van der Waals surface area contributed by atoms with Crippen LogP contribution in [0.25, 0.3) is 0 Å². The second kappa shape index (κ2) is 2.79. The molecule has 1 N–H and O–H groups in total. The number of rotatable bonds is 0. The van der Waals surface area contributed by atoms with Gasteiger partial charge in [0.15, 0.2) is 0 Å². The van der Waals surface area contributed by atoms with Crippen LogP contribution >= 0.6 is 0 Å². The Hall–Kier alpha value is -1.92. The summed E-state index contributed by atoms with van der Waals surface area (Å²) in [5.74, 6) is 1.01. The summed E-state index contributed by atoms with van der Waals surface area (Å²) in [5.41, 5.74) is 2.99. The lowest BCUT2D eigenvalue weighted by Gasteiger charge is -2.25. The molecule has 2 rings (SSSR count). The number of nitrogens with one attached hydrogen (secondary N) is 1. The van der Waals surface area contributed by atoms with Crippen LogP contribution in [-0.4, -0.2) is 27.8 Å². The summed E-state index contributed by atoms with van der Waals surface area (Å²) in [4.78, 5) is 11.6. The second-order valence-corrected chi connectivity index (χ2v) is 3.06. The molecule has 0 spiro atoms. The molecule has 2 heterocycles. The van der Waals surface area contributed by atoms with Gasteiger partial charge in [-0.1, -0.05) is 0 Å². The maximum atomic E-state index is 11.6. The van der Waals surface area contributed by atoms with E-state index in [0.29, 0.717) is 17.5 Å². The van der Waals surface area contributed by atoms with Gasteiger partial charge >= 0.3 is 0 Å². The van der Waals surface area contributed by atoms with Crippen LogP contribution in [0.3, 0.4) is 0 Å². The molecule has 0 bridgehead atoms. The molecule has 1 aromatic rings. The molecular weight excluding hydrogens is 184 g/mol. The van der Waals surface area contributed by atoms with Crippen molar-refractivity contribution in [3.8, 4) is 0 Å². The third-order valence-corrected chi connectivity index (χ3v) is 1.86. The first-order valence-electron chi connectivity index (χ1n) is 4.12. The number of fused-ring (bicyclic) bond motifs is 1. The van der Waals surface area contributed by atoms with Gasteiger partial charge in [0.25, 0.3) is 11.5 Å². The number of amidine groups is 1. The average molecular weight is 194 g/mol. The van der Waals surface area contributed by atoms with Crippen molar-refractivity contribution in [1.29, 1.82) is 0 Å². The summed E-state index contributed by atoms with van der Waals surface area (Å²) in [6.07, 6.45) is 0. The van der Waals surface area contributed by atoms with Crippen molar-refractivity contribution in [2.24, 2.45) is 5.10 Å². The van der Waals surface area contributed by atoms with Crippen molar-refractivity contribution < 1.29 is 0 Å². The SMILES string of the molecule is CC1=Nn2c(nnc(C)c2=O)N(C)N1. The molecule has 0 aliphatic carbocycles. The van der Waals surface area contributed by atoms with E-state index in [1.165, 1.54) is 4.68 Å². The molecule has 0 radical (unpaired) electrons. The monoisotopic (exact) mass is 194 g/mol. The number of aromatic nitrogens is 3. The smallest absolute Gasteiger partial charge is 0.282 e. The molecule has 0 saturated heterocycles. The minimum Gasteiger partial charge on any atom is -0.282 e. The lowest BCUT2D eigenvalue weighted by Crippen LogP contribution is -2.46. The van der Waals surface area contributed by atoms with Gasteiger partial charge in [-0.2, -0.15) is 4.68 Å². The Morgan fingerprint density at radius 3 is 2.71 bits per heavy atom. The summed E-state index contributed by atoms with van der Waals surface area (Å²) in [6, 6.07) is 0. The van der Waals surface area contributed by atoms with Crippen LogP contribution in [0.4, 0.5) is 5.95 Å². The van der Waals surface area contributed by atoms with Crippen molar-refractivity contribution in [1.82, 2.24) is 20.3 Å². The molecule has 1 aliphatic rings. The van der Waals surface area contributed by atoms with E-state index in [9.17, 15) is 4.79 Å². The van der Waals surface area contributed by atoms with Gasteiger partial charge in [0.05, 0.1) is 0 Å². The zero-order chi connectivity index (χ0) is 10.3. The van der Waals surface area contributed by atoms with Crippen LogP contribution in [0.5, 0.6) is 0 Å². The van der Waals surface area contributed by atoms with Gasteiger partial charge in [-0.25, -0.2) is 0 Å². The Bertz CT molecular complexity index is 462. The minimum atomic E-state index is -0.248. The fraction of sp³-hybridized carbons (Fsp3) is 0.429. The summed E-state index contributed by atoms with van der Waals surface area (Å²) < 4.78 is 1.23. The molecule has 14 heavy (non-hydrogen) atoms. The maximum Gasteiger partial charge on any atom is 0.297 e. The molecule has 0 atom stereocenters. The first-order valence-corrected chi connectivity index (χ1v) is 4.12. The quantitative estimate of drug-likeness (QED) is 0.578. The molecule has 0 fully saturated rings. The van der Waals surface area contributed by atoms with Crippen molar-refractivity contribution in [3.63, 3.8) is 0 Å². The van der Waals surface area contributed by atoms with Crippen molar-refractivity contribution in [3.05, 3.63) is 16.0 Å². The highest BCUT2D eigenvalue weighted by molar-refractivity contribution is 5.81. The molecule has 0 saturated carbocycles. The first-order chi connectivity index (χ1) is 6.59. The van der Waals surface area contributed by atoms with E-state index >= 15 is 0 Å². The summed E-state index contributed by atoms with van der Waals surface area (Å²) >= 11 is 0. The number of anilines is 1. The normalized spacial score (nSPS) is 14.5. The lowest BCUT2D eigenvalue weighted by atomic mass is 10.5. The molecular formula is C7H10N6O. The van der Waals surface area contributed by atoms with E-state index in [2.05, 4.69) is 20.7 Å². The number of nitrogens with zero attached hydrogens (tertiary/aromatic N) is 5. The Morgan fingerprint density at radius 1 is 1.29 bits per heavy atom. The van der Waals surface area contributed by atoms with Crippen molar-refractivity contribution >= 4 is 11.8 Å². The molecule has 1 aromatic heterocycles. The average Bonchev–Trinajstić information content (AvgIpc) is 2.12. The van der Waals surface area contributed by atoms with Crippen molar-refractivity contribution in [2.75, 3.05) is 12.1 Å². The summed E-state index contributed by atoms with van der Waals surface area (Å²) in [6.45, 7) is 3.37. The Kier molecular flexibility index (Phi) is 1.73. The Labute approximate surface area is 80.0 Å². The van der Waals surface area contributed by atoms with Crippen LogP contribution < -0.4 is 16.0 Å². The number of aryl methyl sites for hydroxylation is 1. The van der Waals surface area contributed by atoms with Gasteiger partial charge in [0.2, 0.25) is 0 Å². The van der Waals surface area contributed by atoms with Gasteiger partial charge < -0.3 is 0 Å². The zero-order valence-electron chi connectivity index (χ0n) is 8.14. The van der Waals surface area contributed by atoms with Crippen molar-refractivity contribution in [2.45, 2.75) is 13.8 Å². The van der Waals surface area contributed by atoms with E-state index in [0.717, 1.165) is 0 Å².